The van der Waals surface area contributed by atoms with E-state index in [1.807, 2.05) is 6.07 Å². The third kappa shape index (κ3) is 4.05. The molecule has 3 N–H and O–H groups in total. The molecule has 0 atom stereocenters. The predicted molar refractivity (Wildman–Crippen MR) is 117 cm³/mol. The topological polar surface area (TPSA) is 88.3 Å². The van der Waals surface area contributed by atoms with E-state index in [1.165, 1.54) is 13.2 Å². The zero-order valence-electron chi connectivity index (χ0n) is 17.5. The molecule has 0 spiro atoms. The molecule has 31 heavy (non-hydrogen) atoms. The van der Waals surface area contributed by atoms with E-state index in [-0.39, 0.29) is 11.7 Å². The highest BCUT2D eigenvalue weighted by Crippen LogP contribution is 2.41. The van der Waals surface area contributed by atoms with Crippen molar-refractivity contribution in [2.45, 2.75) is 26.2 Å². The minimum atomic E-state index is -0.490. The third-order valence-corrected chi connectivity index (χ3v) is 5.21. The van der Waals surface area contributed by atoms with Gasteiger partial charge >= 0.3 is 0 Å². The molecule has 8 heteroatoms. The number of H-pyrrole nitrogens is 1. The fourth-order valence-electron chi connectivity index (χ4n) is 3.68. The first kappa shape index (κ1) is 20.7. The van der Waals surface area contributed by atoms with Crippen molar-refractivity contribution in [3.63, 3.8) is 0 Å². The van der Waals surface area contributed by atoms with Gasteiger partial charge in [0.1, 0.15) is 5.75 Å². The van der Waals surface area contributed by atoms with Gasteiger partial charge in [-0.3, -0.25) is 9.78 Å². The Morgan fingerprint density at radius 1 is 1.29 bits per heavy atom. The second-order valence-corrected chi connectivity index (χ2v) is 7.25. The number of para-hydroxylation sites is 1. The fraction of sp³-hybridized carbons (Fsp3) is 0.304. The number of carbonyl (C=O) groups excluding carboxylic acids is 1. The number of benzene rings is 1. The Balaban J connectivity index is 1.84. The molecular weight excluding hydrogens is 399 g/mol. The Morgan fingerprint density at radius 3 is 2.97 bits per heavy atom. The molecule has 4 rings (SSSR count). The van der Waals surface area contributed by atoms with Gasteiger partial charge in [0.05, 0.1) is 42.5 Å². The molecule has 0 unspecified atom stereocenters. The van der Waals surface area contributed by atoms with Gasteiger partial charge < -0.3 is 25.1 Å². The summed E-state index contributed by atoms with van der Waals surface area (Å²) in [7, 11) is 1.41. The van der Waals surface area contributed by atoms with Gasteiger partial charge in [0.25, 0.3) is 5.91 Å². The lowest BCUT2D eigenvalue weighted by Crippen LogP contribution is -2.31. The highest BCUT2D eigenvalue weighted by Gasteiger charge is 2.28. The minimum absolute atomic E-state index is 0.0776. The molecule has 0 fully saturated rings. The van der Waals surface area contributed by atoms with Crippen LogP contribution in [-0.4, -0.2) is 36.1 Å². The van der Waals surface area contributed by atoms with Crippen LogP contribution in [0.1, 0.15) is 35.8 Å². The van der Waals surface area contributed by atoms with Crippen molar-refractivity contribution in [3.05, 3.63) is 53.7 Å². The standard InChI is InChI=1S/C23H25FN4O3/c1-3-4-12-31-18-13-25-10-8-14(18)20-21(19-16(27-20)9-11-26-23(19)29)28-17-7-5-6-15(24)22(17)30-2/h5-8,10,13,27-28H,3-4,9,11-12H2,1-2H3,(H,26,29). The maximum absolute atomic E-state index is 14.3. The number of methoxy groups -OCH3 is 1. The summed E-state index contributed by atoms with van der Waals surface area (Å²) in [5.74, 6) is 0.0116. The zero-order chi connectivity index (χ0) is 21.8. The van der Waals surface area contributed by atoms with E-state index in [1.54, 1.807) is 24.5 Å². The van der Waals surface area contributed by atoms with E-state index in [4.69, 9.17) is 9.47 Å². The number of pyridine rings is 1. The zero-order valence-corrected chi connectivity index (χ0v) is 17.5. The Kier molecular flexibility index (Phi) is 6.06. The van der Waals surface area contributed by atoms with E-state index in [0.29, 0.717) is 48.0 Å². The van der Waals surface area contributed by atoms with Gasteiger partial charge in [0, 0.05) is 30.4 Å². The van der Waals surface area contributed by atoms with Crippen LogP contribution in [0.5, 0.6) is 11.5 Å². The van der Waals surface area contributed by atoms with Crippen molar-refractivity contribution in [2.24, 2.45) is 0 Å². The van der Waals surface area contributed by atoms with Gasteiger partial charge in [0.15, 0.2) is 11.6 Å². The van der Waals surface area contributed by atoms with Crippen LogP contribution in [0.25, 0.3) is 11.3 Å². The molecule has 3 heterocycles. The summed E-state index contributed by atoms with van der Waals surface area (Å²) in [5, 5.41) is 6.11. The van der Waals surface area contributed by atoms with Gasteiger partial charge in [-0.15, -0.1) is 0 Å². The van der Waals surface area contributed by atoms with Crippen molar-refractivity contribution >= 4 is 17.3 Å². The highest BCUT2D eigenvalue weighted by molar-refractivity contribution is 6.06. The number of carbonyl (C=O) groups is 1. The predicted octanol–water partition coefficient (Wildman–Crippen LogP) is 4.43. The number of halogens is 1. The Hall–Kier alpha value is -3.55. The maximum atomic E-state index is 14.3. The van der Waals surface area contributed by atoms with Crippen LogP contribution in [0.3, 0.4) is 0 Å². The van der Waals surface area contributed by atoms with Crippen LogP contribution in [0.15, 0.2) is 36.7 Å². The number of aromatic amines is 1. The highest BCUT2D eigenvalue weighted by atomic mass is 19.1. The summed E-state index contributed by atoms with van der Waals surface area (Å²) >= 11 is 0. The van der Waals surface area contributed by atoms with E-state index in [2.05, 4.69) is 27.5 Å². The molecule has 2 aromatic heterocycles. The van der Waals surface area contributed by atoms with Gasteiger partial charge in [-0.25, -0.2) is 4.39 Å². The van der Waals surface area contributed by atoms with Crippen molar-refractivity contribution in [2.75, 3.05) is 25.6 Å². The lowest BCUT2D eigenvalue weighted by atomic mass is 10.0. The molecule has 1 amide bonds. The second-order valence-electron chi connectivity index (χ2n) is 7.25. The number of amides is 1. The number of ether oxygens (including phenoxy) is 2. The molecule has 0 radical (unpaired) electrons. The number of hydrogen-bond acceptors (Lipinski definition) is 5. The summed E-state index contributed by atoms with van der Waals surface area (Å²) < 4.78 is 25.5. The molecule has 1 aliphatic heterocycles. The summed E-state index contributed by atoms with van der Waals surface area (Å²) in [6.07, 6.45) is 5.93. The molecule has 1 aliphatic rings. The average molecular weight is 424 g/mol. The van der Waals surface area contributed by atoms with Crippen molar-refractivity contribution in [3.8, 4) is 22.8 Å². The van der Waals surface area contributed by atoms with Crippen LogP contribution in [0, 0.1) is 5.82 Å². The largest absolute Gasteiger partial charge is 0.492 e. The number of unbranched alkanes of at least 4 members (excludes halogenated alkanes) is 1. The lowest BCUT2D eigenvalue weighted by Gasteiger charge is -2.17. The van der Waals surface area contributed by atoms with Gasteiger partial charge in [-0.05, 0) is 24.6 Å². The number of aromatic nitrogens is 2. The van der Waals surface area contributed by atoms with Gasteiger partial charge in [-0.1, -0.05) is 19.4 Å². The van der Waals surface area contributed by atoms with Crippen molar-refractivity contribution < 1.29 is 18.7 Å². The van der Waals surface area contributed by atoms with Crippen LogP contribution < -0.4 is 20.1 Å². The molecule has 0 saturated heterocycles. The SMILES string of the molecule is CCCCOc1cnccc1-c1[nH]c2c(c1Nc1cccc(F)c1OC)C(=O)NCC2. The molecule has 1 aromatic carbocycles. The first-order chi connectivity index (χ1) is 15.1. The number of rotatable bonds is 8. The molecule has 0 bridgehead atoms. The van der Waals surface area contributed by atoms with Crippen molar-refractivity contribution in [1.82, 2.24) is 15.3 Å². The fourth-order valence-corrected chi connectivity index (χ4v) is 3.68. The molecule has 0 saturated carbocycles. The van der Waals surface area contributed by atoms with Crippen molar-refractivity contribution in [1.29, 1.82) is 0 Å². The molecule has 0 aliphatic carbocycles. The average Bonchev–Trinajstić information content (AvgIpc) is 3.14. The van der Waals surface area contributed by atoms with Gasteiger partial charge in [0.2, 0.25) is 0 Å². The minimum Gasteiger partial charge on any atom is -0.492 e. The number of nitrogens with zero attached hydrogens (tertiary/aromatic N) is 1. The van der Waals surface area contributed by atoms with Crippen LogP contribution in [-0.2, 0) is 6.42 Å². The second kappa shape index (κ2) is 9.07. The quantitative estimate of drug-likeness (QED) is 0.466. The lowest BCUT2D eigenvalue weighted by molar-refractivity contribution is 0.0947. The number of hydrogen-bond donors (Lipinski definition) is 3. The first-order valence-electron chi connectivity index (χ1n) is 10.3. The normalized spacial score (nSPS) is 12.8. The molecule has 162 valence electrons. The van der Waals surface area contributed by atoms with Crippen LogP contribution in [0.4, 0.5) is 15.8 Å². The monoisotopic (exact) mass is 424 g/mol. The number of anilines is 2. The summed E-state index contributed by atoms with van der Waals surface area (Å²) in [4.78, 5) is 20.3. The van der Waals surface area contributed by atoms with Crippen LogP contribution >= 0.6 is 0 Å². The first-order valence-corrected chi connectivity index (χ1v) is 10.3. The third-order valence-electron chi connectivity index (χ3n) is 5.21. The van der Waals surface area contributed by atoms with E-state index >= 15 is 0 Å². The molecule has 7 nitrogen and oxygen atoms in total. The smallest absolute Gasteiger partial charge is 0.255 e. The summed E-state index contributed by atoms with van der Waals surface area (Å²) in [6, 6.07) is 6.46. The van der Waals surface area contributed by atoms with E-state index in [9.17, 15) is 9.18 Å². The maximum Gasteiger partial charge on any atom is 0.255 e. The Labute approximate surface area is 180 Å². The molecular formula is C23H25FN4O3. The summed E-state index contributed by atoms with van der Waals surface area (Å²) in [5.41, 5.74) is 3.74. The number of nitrogens with one attached hydrogen (secondary N) is 3. The van der Waals surface area contributed by atoms with E-state index < -0.39 is 5.82 Å². The Bertz CT molecular complexity index is 1100. The summed E-state index contributed by atoms with van der Waals surface area (Å²) in [6.45, 7) is 3.21. The number of fused-ring (bicyclic) bond motifs is 1. The Morgan fingerprint density at radius 2 is 2.16 bits per heavy atom. The van der Waals surface area contributed by atoms with Crippen LogP contribution in [0.2, 0.25) is 0 Å². The van der Waals surface area contributed by atoms with Gasteiger partial charge in [-0.2, -0.15) is 0 Å². The van der Waals surface area contributed by atoms with E-state index in [0.717, 1.165) is 24.1 Å². The molecule has 3 aromatic rings.